The molecule has 1 saturated carbocycles. The predicted molar refractivity (Wildman–Crippen MR) is 92.6 cm³/mol. The van der Waals surface area contributed by atoms with E-state index in [1.54, 1.807) is 6.20 Å². The average Bonchev–Trinajstić information content (AvgIpc) is 3.23. The summed E-state index contributed by atoms with van der Waals surface area (Å²) >= 11 is 0. The number of halogens is 3. The molecule has 3 aromatic rings. The average molecular weight is 366 g/mol. The molecule has 0 atom stereocenters. The summed E-state index contributed by atoms with van der Waals surface area (Å²) in [6.45, 7) is -0.618. The van der Waals surface area contributed by atoms with Crippen molar-refractivity contribution in [2.75, 3.05) is 6.54 Å². The Bertz CT molecular complexity index is 904. The van der Waals surface area contributed by atoms with Crippen LogP contribution in [-0.2, 0) is 6.54 Å². The molecule has 1 aliphatic rings. The summed E-state index contributed by atoms with van der Waals surface area (Å²) in [5, 5.41) is 3.62. The summed E-state index contributed by atoms with van der Waals surface area (Å²) in [6, 6.07) is 2.06. The molecular weight excluding hydrogens is 345 g/mol. The molecule has 0 saturated heterocycles. The van der Waals surface area contributed by atoms with Crippen molar-refractivity contribution in [2.24, 2.45) is 5.73 Å². The van der Waals surface area contributed by atoms with E-state index < -0.39 is 12.7 Å². The van der Waals surface area contributed by atoms with Crippen LogP contribution in [0, 0.1) is 0 Å². The van der Waals surface area contributed by atoms with E-state index in [1.807, 2.05) is 12.3 Å². The van der Waals surface area contributed by atoms with Gasteiger partial charge < -0.3 is 20.6 Å². The Kier molecular flexibility index (Phi) is 4.36. The molecule has 140 valence electrons. The third-order valence-electron chi connectivity index (χ3n) is 5.14. The Morgan fingerprint density at radius 1 is 1.27 bits per heavy atom. The highest BCUT2D eigenvalue weighted by Crippen LogP contribution is 2.35. The molecule has 0 bridgehead atoms. The van der Waals surface area contributed by atoms with Gasteiger partial charge in [0.25, 0.3) is 0 Å². The molecule has 6 nitrogen and oxygen atoms in total. The molecule has 1 fully saturated rings. The van der Waals surface area contributed by atoms with Gasteiger partial charge in [0.1, 0.15) is 17.0 Å². The van der Waals surface area contributed by atoms with Crippen molar-refractivity contribution < 1.29 is 13.2 Å². The van der Waals surface area contributed by atoms with Gasteiger partial charge in [0.2, 0.25) is 0 Å². The van der Waals surface area contributed by atoms with Crippen LogP contribution in [0.15, 0.2) is 18.5 Å². The van der Waals surface area contributed by atoms with Gasteiger partial charge in [0.15, 0.2) is 0 Å². The van der Waals surface area contributed by atoms with Crippen LogP contribution in [0.1, 0.15) is 37.5 Å². The lowest BCUT2D eigenvalue weighted by Gasteiger charge is -2.31. The highest BCUT2D eigenvalue weighted by atomic mass is 19.4. The third kappa shape index (κ3) is 3.16. The number of nitrogens with one attached hydrogen (secondary N) is 2. The summed E-state index contributed by atoms with van der Waals surface area (Å²) in [4.78, 5) is 12.1. The SMILES string of the molecule is NCc1nc2cnc3[nH]ccc3c2n1C1CCC(NCC(F)(F)F)CC1. The Morgan fingerprint density at radius 2 is 2.04 bits per heavy atom. The zero-order valence-corrected chi connectivity index (χ0v) is 14.2. The summed E-state index contributed by atoms with van der Waals surface area (Å²) in [5.41, 5.74) is 8.51. The lowest BCUT2D eigenvalue weighted by molar-refractivity contribution is -0.126. The van der Waals surface area contributed by atoms with Gasteiger partial charge in [0.05, 0.1) is 24.8 Å². The predicted octanol–water partition coefficient (Wildman–Crippen LogP) is 3.01. The molecular formula is C17H21F3N6. The van der Waals surface area contributed by atoms with Gasteiger partial charge in [-0.3, -0.25) is 0 Å². The van der Waals surface area contributed by atoms with E-state index in [1.165, 1.54) is 0 Å². The van der Waals surface area contributed by atoms with Crippen LogP contribution >= 0.6 is 0 Å². The van der Waals surface area contributed by atoms with Crippen LogP contribution in [-0.4, -0.2) is 38.3 Å². The van der Waals surface area contributed by atoms with Crippen molar-refractivity contribution in [1.82, 2.24) is 24.8 Å². The van der Waals surface area contributed by atoms with Crippen LogP contribution in [0.5, 0.6) is 0 Å². The molecule has 0 unspecified atom stereocenters. The van der Waals surface area contributed by atoms with Gasteiger partial charge in [-0.2, -0.15) is 13.2 Å². The molecule has 3 aromatic heterocycles. The zero-order chi connectivity index (χ0) is 18.3. The van der Waals surface area contributed by atoms with E-state index in [0.717, 1.165) is 40.7 Å². The van der Waals surface area contributed by atoms with Crippen LogP contribution in [0.3, 0.4) is 0 Å². The minimum absolute atomic E-state index is 0.0991. The molecule has 0 radical (unpaired) electrons. The quantitative estimate of drug-likeness (QED) is 0.663. The Morgan fingerprint density at radius 3 is 2.73 bits per heavy atom. The lowest BCUT2D eigenvalue weighted by atomic mass is 9.90. The third-order valence-corrected chi connectivity index (χ3v) is 5.14. The van der Waals surface area contributed by atoms with Crippen molar-refractivity contribution in [2.45, 2.75) is 50.5 Å². The molecule has 3 heterocycles. The van der Waals surface area contributed by atoms with Gasteiger partial charge >= 0.3 is 6.18 Å². The number of H-pyrrole nitrogens is 1. The molecule has 0 spiro atoms. The maximum Gasteiger partial charge on any atom is 0.401 e. The van der Waals surface area contributed by atoms with Crippen molar-refractivity contribution in [3.05, 3.63) is 24.3 Å². The minimum Gasteiger partial charge on any atom is -0.346 e. The van der Waals surface area contributed by atoms with E-state index in [0.29, 0.717) is 19.4 Å². The molecule has 0 amide bonds. The Balaban J connectivity index is 1.60. The Hall–Kier alpha value is -2.13. The monoisotopic (exact) mass is 366 g/mol. The number of fused-ring (bicyclic) bond motifs is 3. The van der Waals surface area contributed by atoms with Crippen molar-refractivity contribution in [3.8, 4) is 0 Å². The fourth-order valence-corrected chi connectivity index (χ4v) is 3.98. The first-order valence-electron chi connectivity index (χ1n) is 8.79. The first kappa shape index (κ1) is 17.3. The zero-order valence-electron chi connectivity index (χ0n) is 14.2. The fraction of sp³-hybridized carbons (Fsp3) is 0.529. The van der Waals surface area contributed by atoms with Gasteiger partial charge in [0, 0.05) is 23.7 Å². The van der Waals surface area contributed by atoms with E-state index in [9.17, 15) is 13.2 Å². The number of hydrogen-bond acceptors (Lipinski definition) is 4. The maximum absolute atomic E-state index is 12.4. The summed E-state index contributed by atoms with van der Waals surface area (Å²) in [5.74, 6) is 0.794. The van der Waals surface area contributed by atoms with E-state index in [4.69, 9.17) is 5.73 Å². The van der Waals surface area contributed by atoms with Gasteiger partial charge in [-0.05, 0) is 31.7 Å². The minimum atomic E-state index is -4.17. The number of pyridine rings is 1. The van der Waals surface area contributed by atoms with Crippen LogP contribution in [0.25, 0.3) is 22.1 Å². The van der Waals surface area contributed by atoms with E-state index >= 15 is 0 Å². The van der Waals surface area contributed by atoms with Crippen LogP contribution in [0.4, 0.5) is 13.2 Å². The molecule has 4 rings (SSSR count). The van der Waals surface area contributed by atoms with Gasteiger partial charge in [-0.15, -0.1) is 0 Å². The number of aromatic amines is 1. The summed E-state index contributed by atoms with van der Waals surface area (Å²) < 4.78 is 39.4. The number of alkyl halides is 3. The highest BCUT2D eigenvalue weighted by Gasteiger charge is 2.31. The number of aromatic nitrogens is 4. The van der Waals surface area contributed by atoms with E-state index in [2.05, 4.69) is 24.8 Å². The number of imidazole rings is 1. The van der Waals surface area contributed by atoms with Gasteiger partial charge in [-0.25, -0.2) is 9.97 Å². The second-order valence-corrected chi connectivity index (χ2v) is 6.84. The van der Waals surface area contributed by atoms with E-state index in [-0.39, 0.29) is 12.1 Å². The van der Waals surface area contributed by atoms with Crippen molar-refractivity contribution in [1.29, 1.82) is 0 Å². The molecule has 26 heavy (non-hydrogen) atoms. The first-order valence-corrected chi connectivity index (χ1v) is 8.79. The van der Waals surface area contributed by atoms with Gasteiger partial charge in [-0.1, -0.05) is 0 Å². The van der Waals surface area contributed by atoms with Crippen molar-refractivity contribution >= 4 is 22.1 Å². The smallest absolute Gasteiger partial charge is 0.346 e. The number of nitrogens with two attached hydrogens (primary N) is 1. The summed E-state index contributed by atoms with van der Waals surface area (Å²) in [7, 11) is 0. The second kappa shape index (κ2) is 6.55. The lowest BCUT2D eigenvalue weighted by Crippen LogP contribution is -2.39. The maximum atomic E-state index is 12.4. The largest absolute Gasteiger partial charge is 0.401 e. The second-order valence-electron chi connectivity index (χ2n) is 6.84. The molecule has 4 N–H and O–H groups in total. The molecule has 1 aliphatic carbocycles. The topological polar surface area (TPSA) is 84.6 Å². The normalized spacial score (nSPS) is 21.7. The molecule has 9 heteroatoms. The number of hydrogen-bond donors (Lipinski definition) is 3. The number of rotatable bonds is 4. The fourth-order valence-electron chi connectivity index (χ4n) is 3.98. The highest BCUT2D eigenvalue weighted by molar-refractivity contribution is 6.01. The summed E-state index contributed by atoms with van der Waals surface area (Å²) in [6.07, 6.45) is 2.40. The molecule has 0 aromatic carbocycles. The molecule has 0 aliphatic heterocycles. The van der Waals surface area contributed by atoms with Crippen LogP contribution < -0.4 is 11.1 Å². The van der Waals surface area contributed by atoms with Crippen LogP contribution in [0.2, 0.25) is 0 Å². The van der Waals surface area contributed by atoms with Crippen molar-refractivity contribution in [3.63, 3.8) is 0 Å². The Labute approximate surface area is 148 Å². The number of nitrogens with zero attached hydrogens (tertiary/aromatic N) is 3. The first-order chi connectivity index (χ1) is 12.5. The standard InChI is InChI=1S/C17H21F3N6/c18-17(19,20)9-24-10-1-3-11(4-2-10)26-14(7-21)25-13-8-23-16-12(15(13)26)5-6-22-16/h5-6,8,10-11,24H,1-4,7,9,21H2,(H,22,23).